The minimum atomic E-state index is -0.525. The summed E-state index contributed by atoms with van der Waals surface area (Å²) in [6, 6.07) is 14.4. The van der Waals surface area contributed by atoms with Crippen molar-refractivity contribution in [2.24, 2.45) is 0 Å². The Morgan fingerprint density at radius 1 is 1.23 bits per heavy atom. The molecular formula is C18H13FN4O2S. The van der Waals surface area contributed by atoms with E-state index >= 15 is 0 Å². The Labute approximate surface area is 153 Å². The number of thioether (sulfide) groups is 1. The Morgan fingerprint density at radius 2 is 1.96 bits per heavy atom. The van der Waals surface area contributed by atoms with E-state index in [0.29, 0.717) is 16.8 Å². The summed E-state index contributed by atoms with van der Waals surface area (Å²) in [5.41, 5.74) is 1.42. The topological polar surface area (TPSA) is 91.8 Å². The molecule has 1 heterocycles. The van der Waals surface area contributed by atoms with Gasteiger partial charge in [-0.3, -0.25) is 4.79 Å². The van der Waals surface area contributed by atoms with E-state index < -0.39 is 5.25 Å². The van der Waals surface area contributed by atoms with Crippen LogP contribution in [-0.2, 0) is 4.79 Å². The highest BCUT2D eigenvalue weighted by molar-refractivity contribution is 8.00. The fourth-order valence-electron chi connectivity index (χ4n) is 2.10. The average Bonchev–Trinajstić information content (AvgIpc) is 3.11. The van der Waals surface area contributed by atoms with Crippen LogP contribution in [-0.4, -0.2) is 21.4 Å². The van der Waals surface area contributed by atoms with Crippen LogP contribution in [0.15, 0.2) is 58.2 Å². The SMILES string of the molecule is C[C@H](Sc1nnc(-c2ccc(F)cc2)o1)C(=O)Nc1ccccc1C#N. The number of rotatable bonds is 5. The van der Waals surface area contributed by atoms with Gasteiger partial charge in [0.2, 0.25) is 11.8 Å². The lowest BCUT2D eigenvalue weighted by Crippen LogP contribution is -2.22. The van der Waals surface area contributed by atoms with Crippen LogP contribution in [0.5, 0.6) is 0 Å². The number of anilines is 1. The zero-order valence-electron chi connectivity index (χ0n) is 13.6. The van der Waals surface area contributed by atoms with Crippen molar-refractivity contribution < 1.29 is 13.6 Å². The number of benzene rings is 2. The molecule has 0 bridgehead atoms. The molecule has 130 valence electrons. The third kappa shape index (κ3) is 4.07. The number of hydrogen-bond donors (Lipinski definition) is 1. The van der Waals surface area contributed by atoms with Crippen molar-refractivity contribution in [2.75, 3.05) is 5.32 Å². The summed E-state index contributed by atoms with van der Waals surface area (Å²) < 4.78 is 18.5. The molecule has 3 aromatic rings. The van der Waals surface area contributed by atoms with Gasteiger partial charge in [-0.25, -0.2) is 4.39 Å². The Kier molecular flexibility index (Phi) is 5.29. The Balaban J connectivity index is 1.66. The van der Waals surface area contributed by atoms with Crippen LogP contribution in [0.25, 0.3) is 11.5 Å². The van der Waals surface area contributed by atoms with Gasteiger partial charge in [0.25, 0.3) is 5.22 Å². The first-order valence-electron chi connectivity index (χ1n) is 7.63. The molecule has 0 saturated heterocycles. The van der Waals surface area contributed by atoms with Crippen molar-refractivity contribution in [3.05, 3.63) is 59.9 Å². The van der Waals surface area contributed by atoms with Crippen LogP contribution in [0, 0.1) is 17.1 Å². The quantitative estimate of drug-likeness (QED) is 0.688. The predicted octanol–water partition coefficient (Wildman–Crippen LogP) is 3.87. The molecule has 0 aliphatic rings. The molecule has 3 rings (SSSR count). The van der Waals surface area contributed by atoms with E-state index in [0.717, 1.165) is 11.8 Å². The van der Waals surface area contributed by atoms with Gasteiger partial charge in [0.1, 0.15) is 11.9 Å². The second-order valence-corrected chi connectivity index (χ2v) is 6.58. The third-order valence-electron chi connectivity index (χ3n) is 3.45. The molecule has 0 saturated carbocycles. The first-order chi connectivity index (χ1) is 12.6. The van der Waals surface area contributed by atoms with Crippen molar-refractivity contribution >= 4 is 23.4 Å². The van der Waals surface area contributed by atoms with Gasteiger partial charge in [-0.2, -0.15) is 5.26 Å². The van der Waals surface area contributed by atoms with Gasteiger partial charge < -0.3 is 9.73 Å². The molecule has 1 aromatic heterocycles. The highest BCUT2D eigenvalue weighted by Crippen LogP contribution is 2.27. The number of amides is 1. The van der Waals surface area contributed by atoms with Gasteiger partial charge in [0, 0.05) is 5.56 Å². The molecule has 0 aliphatic carbocycles. The molecule has 8 heteroatoms. The van der Waals surface area contributed by atoms with E-state index in [2.05, 4.69) is 15.5 Å². The summed E-state index contributed by atoms with van der Waals surface area (Å²) in [6.45, 7) is 1.69. The third-order valence-corrected chi connectivity index (χ3v) is 4.38. The average molecular weight is 368 g/mol. The van der Waals surface area contributed by atoms with Crippen LogP contribution in [0.4, 0.5) is 10.1 Å². The van der Waals surface area contributed by atoms with E-state index in [1.54, 1.807) is 31.2 Å². The molecule has 0 aliphatic heterocycles. The second kappa shape index (κ2) is 7.80. The maximum Gasteiger partial charge on any atom is 0.277 e. The molecule has 0 radical (unpaired) electrons. The van der Waals surface area contributed by atoms with Gasteiger partial charge >= 0.3 is 0 Å². The molecule has 6 nitrogen and oxygen atoms in total. The molecule has 2 aromatic carbocycles. The summed E-state index contributed by atoms with van der Waals surface area (Å²) in [4.78, 5) is 12.3. The van der Waals surface area contributed by atoms with Crippen LogP contribution in [0.1, 0.15) is 12.5 Å². The largest absolute Gasteiger partial charge is 0.411 e. The number of hydrogen-bond acceptors (Lipinski definition) is 6. The zero-order valence-corrected chi connectivity index (χ0v) is 14.5. The number of halogens is 1. The monoisotopic (exact) mass is 368 g/mol. The Bertz CT molecular complexity index is 966. The molecule has 1 atom stereocenters. The Hall–Kier alpha value is -3.18. The minimum absolute atomic E-state index is 0.223. The lowest BCUT2D eigenvalue weighted by atomic mass is 10.2. The zero-order chi connectivity index (χ0) is 18.5. The van der Waals surface area contributed by atoms with Gasteiger partial charge in [0.15, 0.2) is 0 Å². The number of carbonyl (C=O) groups is 1. The van der Waals surface area contributed by atoms with Crippen molar-refractivity contribution in [2.45, 2.75) is 17.4 Å². The van der Waals surface area contributed by atoms with E-state index in [4.69, 9.17) is 9.68 Å². The van der Waals surface area contributed by atoms with Crippen molar-refractivity contribution in [3.63, 3.8) is 0 Å². The second-order valence-electron chi connectivity index (χ2n) is 5.29. The van der Waals surface area contributed by atoms with Crippen LogP contribution in [0.3, 0.4) is 0 Å². The maximum absolute atomic E-state index is 13.0. The van der Waals surface area contributed by atoms with Crippen molar-refractivity contribution in [1.29, 1.82) is 5.26 Å². The van der Waals surface area contributed by atoms with Crippen molar-refractivity contribution in [1.82, 2.24) is 10.2 Å². The number of carbonyl (C=O) groups excluding carboxylic acids is 1. The number of nitrogens with one attached hydrogen (secondary N) is 1. The van der Waals surface area contributed by atoms with Crippen LogP contribution < -0.4 is 5.32 Å². The minimum Gasteiger partial charge on any atom is -0.411 e. The van der Waals surface area contributed by atoms with E-state index in [1.807, 2.05) is 6.07 Å². The number of aromatic nitrogens is 2. The maximum atomic E-state index is 13.0. The summed E-state index contributed by atoms with van der Waals surface area (Å²) in [5.74, 6) is -0.403. The summed E-state index contributed by atoms with van der Waals surface area (Å²) in [5, 5.41) is 19.3. The van der Waals surface area contributed by atoms with Gasteiger partial charge in [-0.1, -0.05) is 23.9 Å². The molecule has 1 N–H and O–H groups in total. The van der Waals surface area contributed by atoms with Gasteiger partial charge in [0.05, 0.1) is 16.5 Å². The number of para-hydroxylation sites is 1. The molecule has 0 spiro atoms. The predicted molar refractivity (Wildman–Crippen MR) is 94.8 cm³/mol. The highest BCUT2D eigenvalue weighted by Gasteiger charge is 2.19. The lowest BCUT2D eigenvalue weighted by Gasteiger charge is -2.10. The fourth-order valence-corrected chi connectivity index (χ4v) is 2.78. The van der Waals surface area contributed by atoms with Gasteiger partial charge in [-0.05, 0) is 43.3 Å². The molecular weight excluding hydrogens is 355 g/mol. The molecule has 0 fully saturated rings. The Morgan fingerprint density at radius 3 is 2.69 bits per heavy atom. The smallest absolute Gasteiger partial charge is 0.277 e. The van der Waals surface area contributed by atoms with Crippen LogP contribution >= 0.6 is 11.8 Å². The molecule has 26 heavy (non-hydrogen) atoms. The summed E-state index contributed by atoms with van der Waals surface area (Å²) >= 11 is 1.09. The molecule has 0 unspecified atom stereocenters. The molecule has 1 amide bonds. The van der Waals surface area contributed by atoms with E-state index in [-0.39, 0.29) is 22.8 Å². The standard InChI is InChI=1S/C18H13FN4O2S/c1-11(16(24)21-15-5-3-2-4-13(15)10-20)26-18-23-22-17(25-18)12-6-8-14(19)9-7-12/h2-9,11H,1H3,(H,21,24)/t11-/m0/s1. The first-order valence-corrected chi connectivity index (χ1v) is 8.51. The van der Waals surface area contributed by atoms with Crippen LogP contribution in [0.2, 0.25) is 0 Å². The summed E-state index contributed by atoms with van der Waals surface area (Å²) in [6.07, 6.45) is 0. The highest BCUT2D eigenvalue weighted by atomic mass is 32.2. The van der Waals surface area contributed by atoms with E-state index in [1.165, 1.54) is 24.3 Å². The number of nitrogens with zero attached hydrogens (tertiary/aromatic N) is 3. The lowest BCUT2D eigenvalue weighted by molar-refractivity contribution is -0.115. The van der Waals surface area contributed by atoms with Crippen molar-refractivity contribution in [3.8, 4) is 17.5 Å². The first kappa shape index (κ1) is 17.6. The fraction of sp³-hybridized carbons (Fsp3) is 0.111. The summed E-state index contributed by atoms with van der Waals surface area (Å²) in [7, 11) is 0. The normalized spacial score (nSPS) is 11.6. The van der Waals surface area contributed by atoms with Gasteiger partial charge in [-0.15, -0.1) is 10.2 Å². The number of nitriles is 1. The van der Waals surface area contributed by atoms with E-state index in [9.17, 15) is 9.18 Å².